The Kier molecular flexibility index (Phi) is 6.67. The Labute approximate surface area is 171 Å². The van der Waals surface area contributed by atoms with Crippen molar-refractivity contribution in [1.29, 1.82) is 0 Å². The summed E-state index contributed by atoms with van der Waals surface area (Å²) in [4.78, 5) is 12.4. The monoisotopic (exact) mass is 408 g/mol. The number of carbonyl (C=O) groups excluding carboxylic acids is 1. The molecule has 3 rings (SSSR count). The fourth-order valence-electron chi connectivity index (χ4n) is 2.96. The Morgan fingerprint density at radius 2 is 1.45 bits per heavy atom. The molecule has 0 aromatic heterocycles. The van der Waals surface area contributed by atoms with Crippen LogP contribution in [0.3, 0.4) is 0 Å². The predicted octanol–water partition coefficient (Wildman–Crippen LogP) is 4.41. The van der Waals surface area contributed by atoms with Crippen molar-refractivity contribution < 1.29 is 13.2 Å². The Hall–Kier alpha value is -3.12. The first-order valence-corrected chi connectivity index (χ1v) is 10.9. The van der Waals surface area contributed by atoms with Gasteiger partial charge in [0.25, 0.3) is 15.9 Å². The number of rotatable bonds is 8. The van der Waals surface area contributed by atoms with E-state index in [2.05, 4.69) is 29.1 Å². The smallest absolute Gasteiger partial charge is 0.261 e. The molecule has 1 unspecified atom stereocenters. The van der Waals surface area contributed by atoms with Crippen molar-refractivity contribution in [2.45, 2.75) is 24.2 Å². The van der Waals surface area contributed by atoms with E-state index in [0.717, 1.165) is 6.42 Å². The van der Waals surface area contributed by atoms with Gasteiger partial charge in [-0.1, -0.05) is 55.5 Å². The molecule has 0 saturated heterocycles. The molecule has 2 N–H and O–H groups in total. The van der Waals surface area contributed by atoms with Crippen molar-refractivity contribution in [3.05, 3.63) is 96.1 Å². The maximum absolute atomic E-state index is 12.5. The Morgan fingerprint density at radius 1 is 0.862 bits per heavy atom. The van der Waals surface area contributed by atoms with E-state index in [1.165, 1.54) is 29.8 Å². The van der Waals surface area contributed by atoms with Gasteiger partial charge < -0.3 is 5.32 Å². The van der Waals surface area contributed by atoms with Gasteiger partial charge >= 0.3 is 0 Å². The Balaban J connectivity index is 1.56. The van der Waals surface area contributed by atoms with Gasteiger partial charge in [-0.15, -0.1) is 0 Å². The SMILES string of the molecule is CC(CCNC(=O)c1ccc(S(=O)(=O)Nc2ccccc2)cc1)c1ccccc1. The fraction of sp³-hybridized carbons (Fsp3) is 0.174. The third-order valence-electron chi connectivity index (χ3n) is 4.68. The highest BCUT2D eigenvalue weighted by molar-refractivity contribution is 7.92. The van der Waals surface area contributed by atoms with Crippen LogP contribution in [0.2, 0.25) is 0 Å². The van der Waals surface area contributed by atoms with Crippen molar-refractivity contribution >= 4 is 21.6 Å². The van der Waals surface area contributed by atoms with E-state index < -0.39 is 10.0 Å². The van der Waals surface area contributed by atoms with Crippen LogP contribution < -0.4 is 10.0 Å². The second kappa shape index (κ2) is 9.39. The van der Waals surface area contributed by atoms with Crippen LogP contribution in [0, 0.1) is 0 Å². The highest BCUT2D eigenvalue weighted by atomic mass is 32.2. The van der Waals surface area contributed by atoms with E-state index in [-0.39, 0.29) is 10.8 Å². The molecule has 0 spiro atoms. The first kappa shape index (κ1) is 20.6. The molecule has 150 valence electrons. The normalized spacial score (nSPS) is 12.2. The van der Waals surface area contributed by atoms with Crippen molar-refractivity contribution in [3.63, 3.8) is 0 Å². The van der Waals surface area contributed by atoms with Crippen LogP contribution in [0.15, 0.2) is 89.8 Å². The molecular formula is C23H24N2O3S. The first-order valence-electron chi connectivity index (χ1n) is 9.47. The van der Waals surface area contributed by atoms with Crippen LogP contribution >= 0.6 is 0 Å². The van der Waals surface area contributed by atoms with Crippen molar-refractivity contribution in [2.24, 2.45) is 0 Å². The number of amides is 1. The number of nitrogens with one attached hydrogen (secondary N) is 2. The summed E-state index contributed by atoms with van der Waals surface area (Å²) in [7, 11) is -3.70. The molecule has 5 nitrogen and oxygen atoms in total. The molecule has 3 aromatic rings. The van der Waals surface area contributed by atoms with E-state index in [9.17, 15) is 13.2 Å². The van der Waals surface area contributed by atoms with E-state index in [4.69, 9.17) is 0 Å². The summed E-state index contributed by atoms with van der Waals surface area (Å²) >= 11 is 0. The van der Waals surface area contributed by atoms with Gasteiger partial charge in [-0.25, -0.2) is 8.42 Å². The molecule has 1 atom stereocenters. The zero-order chi connectivity index (χ0) is 20.7. The molecule has 0 aliphatic carbocycles. The topological polar surface area (TPSA) is 75.3 Å². The lowest BCUT2D eigenvalue weighted by Crippen LogP contribution is -2.25. The predicted molar refractivity (Wildman–Crippen MR) is 115 cm³/mol. The lowest BCUT2D eigenvalue weighted by molar-refractivity contribution is 0.0952. The average Bonchev–Trinajstić information content (AvgIpc) is 2.74. The standard InChI is InChI=1S/C23H24N2O3S/c1-18(19-8-4-2-5-9-19)16-17-24-23(26)20-12-14-22(15-13-20)29(27,28)25-21-10-6-3-7-11-21/h2-15,18,25H,16-17H2,1H3,(H,24,26). The highest BCUT2D eigenvalue weighted by Crippen LogP contribution is 2.18. The van der Waals surface area contributed by atoms with Crippen LogP contribution in [-0.2, 0) is 10.0 Å². The molecular weight excluding hydrogens is 384 g/mol. The molecule has 0 saturated carbocycles. The highest BCUT2D eigenvalue weighted by Gasteiger charge is 2.15. The van der Waals surface area contributed by atoms with Gasteiger partial charge in [-0.2, -0.15) is 0 Å². The third kappa shape index (κ3) is 5.68. The molecule has 3 aromatic carbocycles. The van der Waals surface area contributed by atoms with Crippen molar-refractivity contribution in [1.82, 2.24) is 5.32 Å². The van der Waals surface area contributed by atoms with E-state index in [0.29, 0.717) is 23.7 Å². The Morgan fingerprint density at radius 3 is 2.07 bits per heavy atom. The zero-order valence-corrected chi connectivity index (χ0v) is 17.0. The number of hydrogen-bond acceptors (Lipinski definition) is 3. The summed E-state index contributed by atoms with van der Waals surface area (Å²) in [5.41, 5.74) is 2.15. The van der Waals surface area contributed by atoms with E-state index in [1.54, 1.807) is 24.3 Å². The van der Waals surface area contributed by atoms with Crippen LogP contribution in [0.5, 0.6) is 0 Å². The third-order valence-corrected chi connectivity index (χ3v) is 6.08. The minimum absolute atomic E-state index is 0.107. The number of para-hydroxylation sites is 1. The number of anilines is 1. The molecule has 29 heavy (non-hydrogen) atoms. The van der Waals surface area contributed by atoms with E-state index in [1.807, 2.05) is 24.3 Å². The fourth-order valence-corrected chi connectivity index (χ4v) is 4.02. The second-order valence-electron chi connectivity index (χ2n) is 6.85. The second-order valence-corrected chi connectivity index (χ2v) is 8.53. The number of benzene rings is 3. The van der Waals surface area contributed by atoms with Crippen LogP contribution in [0.4, 0.5) is 5.69 Å². The van der Waals surface area contributed by atoms with Gasteiger partial charge in [-0.3, -0.25) is 9.52 Å². The van der Waals surface area contributed by atoms with Crippen molar-refractivity contribution in [2.75, 3.05) is 11.3 Å². The summed E-state index contributed by atoms with van der Waals surface area (Å²) in [6, 6.07) is 24.7. The summed E-state index contributed by atoms with van der Waals surface area (Å²) in [6.07, 6.45) is 0.823. The van der Waals surface area contributed by atoms with Gasteiger partial charge in [-0.05, 0) is 54.3 Å². The lowest BCUT2D eigenvalue weighted by Gasteiger charge is -2.13. The van der Waals surface area contributed by atoms with Gasteiger partial charge in [0.15, 0.2) is 0 Å². The molecule has 1 amide bonds. The molecule has 0 aliphatic rings. The van der Waals surface area contributed by atoms with Crippen molar-refractivity contribution in [3.8, 4) is 0 Å². The van der Waals surface area contributed by atoms with Gasteiger partial charge in [0.05, 0.1) is 4.90 Å². The van der Waals surface area contributed by atoms with Gasteiger partial charge in [0.1, 0.15) is 0 Å². The quantitative estimate of drug-likeness (QED) is 0.580. The van der Waals surface area contributed by atoms with Crippen LogP contribution in [0.25, 0.3) is 0 Å². The summed E-state index contributed by atoms with van der Waals surface area (Å²) in [5, 5.41) is 2.89. The summed E-state index contributed by atoms with van der Waals surface area (Å²) in [6.45, 7) is 2.67. The van der Waals surface area contributed by atoms with Gasteiger partial charge in [0.2, 0.25) is 0 Å². The summed E-state index contributed by atoms with van der Waals surface area (Å²) in [5.74, 6) is 0.123. The average molecular weight is 409 g/mol. The maximum atomic E-state index is 12.5. The largest absolute Gasteiger partial charge is 0.352 e. The molecule has 0 radical (unpaired) electrons. The number of carbonyl (C=O) groups is 1. The minimum atomic E-state index is -3.70. The minimum Gasteiger partial charge on any atom is -0.352 e. The van der Waals surface area contributed by atoms with Gasteiger partial charge in [0, 0.05) is 17.8 Å². The zero-order valence-electron chi connectivity index (χ0n) is 16.2. The van der Waals surface area contributed by atoms with Crippen LogP contribution in [-0.4, -0.2) is 20.9 Å². The lowest BCUT2D eigenvalue weighted by atomic mass is 9.98. The van der Waals surface area contributed by atoms with Crippen LogP contribution in [0.1, 0.15) is 35.2 Å². The molecule has 6 heteroatoms. The maximum Gasteiger partial charge on any atom is 0.261 e. The number of sulfonamides is 1. The number of hydrogen-bond donors (Lipinski definition) is 2. The Bertz CT molecular complexity index is 1030. The summed E-state index contributed by atoms with van der Waals surface area (Å²) < 4.78 is 27.4. The molecule has 0 fully saturated rings. The first-order chi connectivity index (χ1) is 14.0. The molecule has 0 bridgehead atoms. The molecule has 0 aliphatic heterocycles. The molecule has 0 heterocycles. The van der Waals surface area contributed by atoms with E-state index >= 15 is 0 Å².